The van der Waals surface area contributed by atoms with Crippen LogP contribution in [-0.2, 0) is 25.4 Å². The third-order valence-electron chi connectivity index (χ3n) is 5.26. The SMILES string of the molecule is CCCCCCCCCCCCCCCCCCCCS(=O)CCOS(=O)(=O)[O-].[Na+]. The first kappa shape index (κ1) is 33.2. The second-order valence-corrected chi connectivity index (χ2v) is 10.8. The van der Waals surface area contributed by atoms with Gasteiger partial charge in [-0.1, -0.05) is 116 Å². The molecule has 0 spiro atoms. The molecule has 0 aromatic rings. The van der Waals surface area contributed by atoms with E-state index in [1.165, 1.54) is 103 Å². The number of hydrogen-bond donors (Lipinski definition) is 0. The zero-order valence-corrected chi connectivity index (χ0v) is 23.3. The number of hydrogen-bond acceptors (Lipinski definition) is 5. The van der Waals surface area contributed by atoms with Crippen molar-refractivity contribution in [2.24, 2.45) is 0 Å². The van der Waals surface area contributed by atoms with Gasteiger partial charge in [0.05, 0.1) is 6.61 Å². The Balaban J connectivity index is 0. The molecule has 0 saturated heterocycles. The minimum Gasteiger partial charge on any atom is -0.726 e. The first-order chi connectivity index (χ1) is 14.0. The van der Waals surface area contributed by atoms with Crippen molar-refractivity contribution in [1.29, 1.82) is 0 Å². The van der Waals surface area contributed by atoms with Gasteiger partial charge in [0.2, 0.25) is 10.4 Å². The van der Waals surface area contributed by atoms with E-state index in [0.29, 0.717) is 5.75 Å². The van der Waals surface area contributed by atoms with Gasteiger partial charge in [0.25, 0.3) is 0 Å². The van der Waals surface area contributed by atoms with Gasteiger partial charge in [-0.25, -0.2) is 8.42 Å². The van der Waals surface area contributed by atoms with E-state index in [-0.39, 0.29) is 41.9 Å². The van der Waals surface area contributed by atoms with Crippen LogP contribution in [0.1, 0.15) is 122 Å². The van der Waals surface area contributed by atoms with Crippen LogP contribution in [0.2, 0.25) is 0 Å². The topological polar surface area (TPSA) is 83.5 Å². The van der Waals surface area contributed by atoms with Gasteiger partial charge in [-0.05, 0) is 6.42 Å². The fourth-order valence-corrected chi connectivity index (χ4v) is 4.89. The Morgan fingerprint density at radius 2 is 0.967 bits per heavy atom. The van der Waals surface area contributed by atoms with Crippen molar-refractivity contribution < 1.29 is 50.9 Å². The van der Waals surface area contributed by atoms with Crippen LogP contribution in [0.3, 0.4) is 0 Å². The molecule has 0 aliphatic heterocycles. The molecule has 0 aliphatic carbocycles. The van der Waals surface area contributed by atoms with E-state index in [9.17, 15) is 17.2 Å². The van der Waals surface area contributed by atoms with Gasteiger partial charge in [0, 0.05) is 22.3 Å². The van der Waals surface area contributed by atoms with E-state index in [1.54, 1.807) is 0 Å². The molecule has 0 aromatic heterocycles. The van der Waals surface area contributed by atoms with Crippen LogP contribution in [-0.4, -0.2) is 35.3 Å². The summed E-state index contributed by atoms with van der Waals surface area (Å²) in [6.07, 6.45) is 23.7. The Labute approximate surface area is 211 Å². The Morgan fingerprint density at radius 1 is 0.633 bits per heavy atom. The van der Waals surface area contributed by atoms with E-state index in [2.05, 4.69) is 11.1 Å². The van der Waals surface area contributed by atoms with E-state index in [4.69, 9.17) is 0 Å². The standard InChI is InChI=1S/C22H46O5S2.Na/c1-2-3-4-5-6-7-8-9-10-11-12-13-14-15-16-17-18-19-21-28(23)22-20-27-29(24,25)26;/h2-22H2,1H3,(H,24,25,26);/q;+1/p-1. The molecule has 0 fully saturated rings. The van der Waals surface area contributed by atoms with E-state index >= 15 is 0 Å². The van der Waals surface area contributed by atoms with E-state index < -0.39 is 21.2 Å². The van der Waals surface area contributed by atoms with Gasteiger partial charge in [0.15, 0.2) is 0 Å². The molecule has 0 saturated carbocycles. The summed E-state index contributed by atoms with van der Waals surface area (Å²) < 4.78 is 46.5. The number of rotatable bonds is 23. The average molecular weight is 477 g/mol. The van der Waals surface area contributed by atoms with Gasteiger partial charge >= 0.3 is 29.6 Å². The Bertz CT molecular complexity index is 472. The smallest absolute Gasteiger partial charge is 0.726 e. The first-order valence-corrected chi connectivity index (χ1v) is 14.7. The van der Waals surface area contributed by atoms with Crippen molar-refractivity contribution in [2.75, 3.05) is 18.1 Å². The Morgan fingerprint density at radius 3 is 1.30 bits per heavy atom. The van der Waals surface area contributed by atoms with Crippen LogP contribution in [0, 0.1) is 0 Å². The summed E-state index contributed by atoms with van der Waals surface area (Å²) in [4.78, 5) is 0. The Kier molecular flexibility index (Phi) is 27.3. The van der Waals surface area contributed by atoms with E-state index in [0.717, 1.165) is 12.8 Å². The van der Waals surface area contributed by atoms with Gasteiger partial charge < -0.3 is 4.55 Å². The monoisotopic (exact) mass is 476 g/mol. The largest absolute Gasteiger partial charge is 1.00 e. The fraction of sp³-hybridized carbons (Fsp3) is 1.00. The molecule has 1 atom stereocenters. The molecule has 0 bridgehead atoms. The zero-order valence-electron chi connectivity index (χ0n) is 19.7. The molecule has 0 rings (SSSR count). The molecule has 5 nitrogen and oxygen atoms in total. The fourth-order valence-electron chi connectivity index (χ4n) is 3.50. The minimum absolute atomic E-state index is 0. The van der Waals surface area contributed by atoms with Gasteiger partial charge in [0.1, 0.15) is 0 Å². The third-order valence-corrected chi connectivity index (χ3v) is 7.09. The molecule has 0 heterocycles. The van der Waals surface area contributed by atoms with Crippen molar-refractivity contribution in [3.63, 3.8) is 0 Å². The van der Waals surface area contributed by atoms with Crippen molar-refractivity contribution >= 4 is 21.2 Å². The Hall–Kier alpha value is 1.02. The third kappa shape index (κ3) is 29.0. The molecule has 0 aromatic carbocycles. The van der Waals surface area contributed by atoms with Crippen molar-refractivity contribution in [1.82, 2.24) is 0 Å². The maximum Gasteiger partial charge on any atom is 1.00 e. The quantitative estimate of drug-likeness (QED) is 0.0978. The van der Waals surface area contributed by atoms with Crippen LogP contribution in [0.4, 0.5) is 0 Å². The van der Waals surface area contributed by atoms with Crippen LogP contribution >= 0.6 is 0 Å². The predicted molar refractivity (Wildman–Crippen MR) is 122 cm³/mol. The minimum atomic E-state index is -4.66. The molecule has 0 radical (unpaired) electrons. The van der Waals surface area contributed by atoms with Crippen LogP contribution in [0.25, 0.3) is 0 Å². The van der Waals surface area contributed by atoms with Crippen LogP contribution < -0.4 is 29.6 Å². The van der Waals surface area contributed by atoms with Crippen molar-refractivity contribution in [3.05, 3.63) is 0 Å². The maximum absolute atomic E-state index is 11.6. The van der Waals surface area contributed by atoms with Crippen molar-refractivity contribution in [2.45, 2.75) is 122 Å². The van der Waals surface area contributed by atoms with Crippen LogP contribution in [0.5, 0.6) is 0 Å². The zero-order chi connectivity index (χ0) is 21.6. The number of unbranched alkanes of at least 4 members (excludes halogenated alkanes) is 17. The predicted octanol–water partition coefficient (Wildman–Crippen LogP) is 3.26. The van der Waals surface area contributed by atoms with Gasteiger partial charge in [-0.2, -0.15) is 0 Å². The van der Waals surface area contributed by atoms with Crippen molar-refractivity contribution in [3.8, 4) is 0 Å². The molecule has 8 heteroatoms. The molecule has 176 valence electrons. The summed E-state index contributed by atoms with van der Waals surface area (Å²) in [5.74, 6) is 0.668. The molecular weight excluding hydrogens is 431 g/mol. The first-order valence-electron chi connectivity index (χ1n) is 11.9. The molecule has 30 heavy (non-hydrogen) atoms. The second-order valence-electron chi connectivity index (χ2n) is 8.09. The summed E-state index contributed by atoms with van der Waals surface area (Å²) in [6.45, 7) is 1.99. The van der Waals surface area contributed by atoms with Gasteiger partial charge in [-0.3, -0.25) is 8.39 Å². The molecular formula is C22H45NaO5S2. The van der Waals surface area contributed by atoms with Gasteiger partial charge in [-0.15, -0.1) is 0 Å². The summed E-state index contributed by atoms with van der Waals surface area (Å²) >= 11 is 0. The second kappa shape index (κ2) is 24.7. The normalized spacial score (nSPS) is 12.6. The summed E-state index contributed by atoms with van der Waals surface area (Å²) in [5.41, 5.74) is 0. The summed E-state index contributed by atoms with van der Waals surface area (Å²) in [5, 5.41) is 0. The average Bonchev–Trinajstić information content (AvgIpc) is 2.66. The maximum atomic E-state index is 11.6. The molecule has 1 unspecified atom stereocenters. The molecule has 0 N–H and O–H groups in total. The summed E-state index contributed by atoms with van der Waals surface area (Å²) in [6, 6.07) is 0. The van der Waals surface area contributed by atoms with Crippen LogP contribution in [0.15, 0.2) is 0 Å². The molecule has 0 amide bonds. The molecule has 0 aliphatic rings. The van der Waals surface area contributed by atoms with E-state index in [1.807, 2.05) is 0 Å². The summed E-state index contributed by atoms with van der Waals surface area (Å²) in [7, 11) is -5.76.